The average Bonchev–Trinajstić information content (AvgIpc) is 2.17. The fraction of sp³-hybridized carbons (Fsp3) is 0.300. The Hall–Kier alpha value is -0.860. The molecule has 0 aliphatic rings. The van der Waals surface area contributed by atoms with Gasteiger partial charge in [0.15, 0.2) is 0 Å². The third-order valence-electron chi connectivity index (χ3n) is 1.93. The van der Waals surface area contributed by atoms with E-state index in [0.29, 0.717) is 13.0 Å². The van der Waals surface area contributed by atoms with Crippen LogP contribution in [0.4, 0.5) is 0 Å². The molecule has 1 rings (SSSR count). The van der Waals surface area contributed by atoms with E-state index < -0.39 is 0 Å². The SMILES string of the molecule is [CH2]CC(N)c1cccc(CN)c1. The standard InChI is InChI=1S/C10H15N2/c1-2-10(12)9-5-3-4-8(6-9)7-11/h3-6,10H,1-2,7,11-12H2. The number of nitrogens with two attached hydrogens (primary N) is 2. The smallest absolute Gasteiger partial charge is 0.0294 e. The molecule has 0 aromatic heterocycles. The molecule has 1 aromatic carbocycles. The number of rotatable bonds is 3. The van der Waals surface area contributed by atoms with Crippen LogP contribution in [0.15, 0.2) is 24.3 Å². The van der Waals surface area contributed by atoms with Crippen molar-refractivity contribution in [2.45, 2.75) is 19.0 Å². The molecule has 2 nitrogen and oxygen atoms in total. The van der Waals surface area contributed by atoms with Gasteiger partial charge in [0.1, 0.15) is 0 Å². The second-order valence-electron chi connectivity index (χ2n) is 2.84. The minimum Gasteiger partial charge on any atom is -0.326 e. The van der Waals surface area contributed by atoms with E-state index >= 15 is 0 Å². The minimum atomic E-state index is 0.0384. The Morgan fingerprint density at radius 3 is 2.75 bits per heavy atom. The Balaban J connectivity index is 2.86. The average molecular weight is 163 g/mol. The first-order valence-corrected chi connectivity index (χ1v) is 4.11. The van der Waals surface area contributed by atoms with Crippen LogP contribution >= 0.6 is 0 Å². The first-order valence-electron chi connectivity index (χ1n) is 4.11. The van der Waals surface area contributed by atoms with Crippen LogP contribution in [-0.4, -0.2) is 0 Å². The Labute approximate surface area is 73.6 Å². The lowest BCUT2D eigenvalue weighted by Crippen LogP contribution is -2.09. The molecule has 65 valence electrons. The Kier molecular flexibility index (Phi) is 3.26. The molecule has 1 aromatic rings. The van der Waals surface area contributed by atoms with Crippen LogP contribution in [0, 0.1) is 6.92 Å². The molecule has 0 saturated carbocycles. The van der Waals surface area contributed by atoms with Crippen molar-refractivity contribution in [2.75, 3.05) is 0 Å². The van der Waals surface area contributed by atoms with Crippen molar-refractivity contribution in [1.82, 2.24) is 0 Å². The highest BCUT2D eigenvalue weighted by molar-refractivity contribution is 5.25. The van der Waals surface area contributed by atoms with Crippen LogP contribution in [0.25, 0.3) is 0 Å². The summed E-state index contributed by atoms with van der Waals surface area (Å²) in [5.41, 5.74) is 13.6. The van der Waals surface area contributed by atoms with E-state index in [1.54, 1.807) is 0 Å². The van der Waals surface area contributed by atoms with Gasteiger partial charge in [-0.1, -0.05) is 31.2 Å². The van der Waals surface area contributed by atoms with Gasteiger partial charge in [0.25, 0.3) is 0 Å². The first kappa shape index (κ1) is 9.23. The molecule has 0 fully saturated rings. The Morgan fingerprint density at radius 2 is 2.17 bits per heavy atom. The van der Waals surface area contributed by atoms with Gasteiger partial charge in [-0.05, 0) is 17.5 Å². The molecule has 12 heavy (non-hydrogen) atoms. The monoisotopic (exact) mass is 163 g/mol. The van der Waals surface area contributed by atoms with Gasteiger partial charge in [0.2, 0.25) is 0 Å². The summed E-state index contributed by atoms with van der Waals surface area (Å²) in [6.07, 6.45) is 0.716. The zero-order chi connectivity index (χ0) is 8.97. The van der Waals surface area contributed by atoms with Gasteiger partial charge in [-0.2, -0.15) is 0 Å². The third kappa shape index (κ3) is 2.06. The second-order valence-corrected chi connectivity index (χ2v) is 2.84. The summed E-state index contributed by atoms with van der Waals surface area (Å²) >= 11 is 0. The summed E-state index contributed by atoms with van der Waals surface area (Å²) < 4.78 is 0. The van der Waals surface area contributed by atoms with Crippen molar-refractivity contribution >= 4 is 0 Å². The van der Waals surface area contributed by atoms with Gasteiger partial charge in [-0.25, -0.2) is 0 Å². The highest BCUT2D eigenvalue weighted by Gasteiger charge is 2.02. The second kappa shape index (κ2) is 4.24. The molecule has 0 saturated heterocycles. The molecule has 0 aliphatic heterocycles. The largest absolute Gasteiger partial charge is 0.326 e. The summed E-state index contributed by atoms with van der Waals surface area (Å²) in [5.74, 6) is 0. The van der Waals surface area contributed by atoms with Crippen molar-refractivity contribution in [2.24, 2.45) is 11.5 Å². The van der Waals surface area contributed by atoms with Crippen LogP contribution in [-0.2, 0) is 6.54 Å². The molecular weight excluding hydrogens is 148 g/mol. The number of hydrogen-bond donors (Lipinski definition) is 2. The number of hydrogen-bond acceptors (Lipinski definition) is 2. The minimum absolute atomic E-state index is 0.0384. The highest BCUT2D eigenvalue weighted by atomic mass is 14.6. The van der Waals surface area contributed by atoms with Gasteiger partial charge in [0.05, 0.1) is 0 Å². The molecule has 0 spiro atoms. The van der Waals surface area contributed by atoms with E-state index in [0.717, 1.165) is 11.1 Å². The molecule has 0 heterocycles. The quantitative estimate of drug-likeness (QED) is 0.707. The topological polar surface area (TPSA) is 52.0 Å². The zero-order valence-electron chi connectivity index (χ0n) is 7.16. The third-order valence-corrected chi connectivity index (χ3v) is 1.93. The summed E-state index contributed by atoms with van der Waals surface area (Å²) in [6, 6.07) is 8.06. The lowest BCUT2D eigenvalue weighted by atomic mass is 10.0. The van der Waals surface area contributed by atoms with Crippen molar-refractivity contribution < 1.29 is 0 Å². The summed E-state index contributed by atoms with van der Waals surface area (Å²) in [5, 5.41) is 0. The van der Waals surface area contributed by atoms with E-state index in [-0.39, 0.29) is 6.04 Å². The zero-order valence-corrected chi connectivity index (χ0v) is 7.16. The van der Waals surface area contributed by atoms with E-state index in [4.69, 9.17) is 11.5 Å². The van der Waals surface area contributed by atoms with Gasteiger partial charge < -0.3 is 11.5 Å². The first-order chi connectivity index (χ1) is 5.77. The van der Waals surface area contributed by atoms with Crippen LogP contribution in [0.3, 0.4) is 0 Å². The summed E-state index contributed by atoms with van der Waals surface area (Å²) in [6.45, 7) is 4.33. The lowest BCUT2D eigenvalue weighted by Gasteiger charge is -2.09. The van der Waals surface area contributed by atoms with E-state index in [2.05, 4.69) is 6.92 Å². The summed E-state index contributed by atoms with van der Waals surface area (Å²) in [4.78, 5) is 0. The highest BCUT2D eigenvalue weighted by Crippen LogP contribution is 2.14. The van der Waals surface area contributed by atoms with Crippen molar-refractivity contribution in [3.63, 3.8) is 0 Å². The maximum absolute atomic E-state index is 5.81. The molecular formula is C10H15N2. The molecule has 0 aliphatic carbocycles. The van der Waals surface area contributed by atoms with Gasteiger partial charge >= 0.3 is 0 Å². The van der Waals surface area contributed by atoms with Crippen LogP contribution in [0.5, 0.6) is 0 Å². The molecule has 1 atom stereocenters. The molecule has 2 heteroatoms. The lowest BCUT2D eigenvalue weighted by molar-refractivity contribution is 0.737. The summed E-state index contributed by atoms with van der Waals surface area (Å²) in [7, 11) is 0. The predicted molar refractivity (Wildman–Crippen MR) is 51.2 cm³/mol. The fourth-order valence-corrected chi connectivity index (χ4v) is 1.12. The maximum Gasteiger partial charge on any atom is 0.0294 e. The van der Waals surface area contributed by atoms with E-state index in [1.165, 1.54) is 0 Å². The van der Waals surface area contributed by atoms with Gasteiger partial charge in [0, 0.05) is 12.6 Å². The fourth-order valence-electron chi connectivity index (χ4n) is 1.12. The molecule has 1 unspecified atom stereocenters. The van der Waals surface area contributed by atoms with Crippen molar-refractivity contribution in [1.29, 1.82) is 0 Å². The normalized spacial score (nSPS) is 12.9. The molecule has 1 radical (unpaired) electrons. The molecule has 0 bridgehead atoms. The predicted octanol–water partition coefficient (Wildman–Crippen LogP) is 1.37. The van der Waals surface area contributed by atoms with E-state index in [1.807, 2.05) is 24.3 Å². The Bertz CT molecular complexity index is 245. The van der Waals surface area contributed by atoms with Crippen LogP contribution in [0.2, 0.25) is 0 Å². The van der Waals surface area contributed by atoms with Crippen molar-refractivity contribution in [3.8, 4) is 0 Å². The van der Waals surface area contributed by atoms with Crippen LogP contribution < -0.4 is 11.5 Å². The Morgan fingerprint density at radius 1 is 1.42 bits per heavy atom. The molecule has 4 N–H and O–H groups in total. The maximum atomic E-state index is 5.81. The van der Waals surface area contributed by atoms with Gasteiger partial charge in [-0.15, -0.1) is 0 Å². The van der Waals surface area contributed by atoms with E-state index in [9.17, 15) is 0 Å². The number of benzene rings is 1. The van der Waals surface area contributed by atoms with Crippen LogP contribution in [0.1, 0.15) is 23.6 Å². The van der Waals surface area contributed by atoms with Crippen molar-refractivity contribution in [3.05, 3.63) is 42.3 Å². The van der Waals surface area contributed by atoms with Gasteiger partial charge in [-0.3, -0.25) is 0 Å². The molecule has 0 amide bonds.